The third-order valence-electron chi connectivity index (χ3n) is 6.56. The maximum Gasteiger partial charge on any atom is 0.225 e. The van der Waals surface area contributed by atoms with Crippen LogP contribution in [-0.4, -0.2) is 69.9 Å². The van der Waals surface area contributed by atoms with Gasteiger partial charge in [-0.1, -0.05) is 29.3 Å². The molecule has 0 aliphatic carbocycles. The zero-order valence-electron chi connectivity index (χ0n) is 19.1. The fourth-order valence-corrected chi connectivity index (χ4v) is 6.42. The lowest BCUT2D eigenvalue weighted by Gasteiger charge is -2.39. The van der Waals surface area contributed by atoms with Crippen LogP contribution in [0, 0.1) is 5.92 Å². The molecule has 0 aromatic heterocycles. The van der Waals surface area contributed by atoms with Crippen molar-refractivity contribution in [3.8, 4) is 5.75 Å². The Labute approximate surface area is 211 Å². The van der Waals surface area contributed by atoms with Gasteiger partial charge in [-0.3, -0.25) is 4.79 Å². The Morgan fingerprint density at radius 2 is 1.59 bits per heavy atom. The van der Waals surface area contributed by atoms with Crippen molar-refractivity contribution in [2.45, 2.75) is 18.6 Å². The lowest BCUT2D eigenvalue weighted by Crippen LogP contribution is -2.52. The molecule has 0 bridgehead atoms. The van der Waals surface area contributed by atoms with Crippen molar-refractivity contribution in [3.63, 3.8) is 0 Å². The highest BCUT2D eigenvalue weighted by molar-refractivity contribution is 7.88. The molecule has 0 saturated carbocycles. The number of benzene rings is 2. The van der Waals surface area contributed by atoms with Crippen molar-refractivity contribution >= 4 is 44.8 Å². The molecule has 2 fully saturated rings. The number of methoxy groups -OCH3 is 1. The fourth-order valence-electron chi connectivity index (χ4n) is 4.55. The summed E-state index contributed by atoms with van der Waals surface area (Å²) in [5.74, 6) is 0.693. The Kier molecular flexibility index (Phi) is 7.92. The highest BCUT2D eigenvalue weighted by atomic mass is 35.5. The van der Waals surface area contributed by atoms with E-state index in [1.807, 2.05) is 29.2 Å². The lowest BCUT2D eigenvalue weighted by molar-refractivity contribution is -0.137. The van der Waals surface area contributed by atoms with Crippen LogP contribution in [0.5, 0.6) is 5.75 Å². The molecule has 0 N–H and O–H groups in total. The van der Waals surface area contributed by atoms with E-state index in [1.54, 1.807) is 25.3 Å². The maximum atomic E-state index is 13.1. The average molecular weight is 526 g/mol. The number of sulfonamides is 1. The Balaban J connectivity index is 1.27. The Hall–Kier alpha value is -2.00. The van der Waals surface area contributed by atoms with Gasteiger partial charge in [0.05, 0.1) is 22.9 Å². The monoisotopic (exact) mass is 525 g/mol. The second-order valence-corrected chi connectivity index (χ2v) is 11.5. The van der Waals surface area contributed by atoms with Gasteiger partial charge in [0, 0.05) is 50.9 Å². The van der Waals surface area contributed by atoms with E-state index in [4.69, 9.17) is 27.9 Å². The molecule has 0 radical (unpaired) electrons. The van der Waals surface area contributed by atoms with Gasteiger partial charge in [-0.05, 0) is 54.8 Å². The van der Waals surface area contributed by atoms with Crippen LogP contribution in [0.1, 0.15) is 18.4 Å². The zero-order valence-corrected chi connectivity index (χ0v) is 21.4. The Morgan fingerprint density at radius 3 is 2.18 bits per heavy atom. The lowest BCUT2D eigenvalue weighted by atomic mass is 9.96. The SMILES string of the molecule is COc1ccc(N2CCN(C(=O)C3CCN(S(=O)(=O)Cc4ccc(Cl)c(Cl)c4)CC3)CC2)cc1. The third kappa shape index (κ3) is 5.79. The van der Waals surface area contributed by atoms with Crippen molar-refractivity contribution in [3.05, 3.63) is 58.1 Å². The molecular weight excluding hydrogens is 497 g/mol. The molecule has 2 aromatic carbocycles. The summed E-state index contributed by atoms with van der Waals surface area (Å²) >= 11 is 11.9. The summed E-state index contributed by atoms with van der Waals surface area (Å²) in [6.07, 6.45) is 1.08. The minimum atomic E-state index is -3.49. The number of rotatable bonds is 6. The largest absolute Gasteiger partial charge is 0.497 e. The van der Waals surface area contributed by atoms with Gasteiger partial charge in [-0.2, -0.15) is 0 Å². The molecule has 2 aliphatic heterocycles. The van der Waals surface area contributed by atoms with Gasteiger partial charge in [-0.25, -0.2) is 12.7 Å². The second-order valence-electron chi connectivity index (χ2n) is 8.69. The van der Waals surface area contributed by atoms with Gasteiger partial charge in [0.15, 0.2) is 0 Å². The van der Waals surface area contributed by atoms with E-state index in [9.17, 15) is 13.2 Å². The Bertz CT molecular complexity index is 1110. The van der Waals surface area contributed by atoms with Crippen LogP contribution >= 0.6 is 23.2 Å². The minimum Gasteiger partial charge on any atom is -0.497 e. The highest BCUT2D eigenvalue weighted by Crippen LogP contribution is 2.27. The van der Waals surface area contributed by atoms with Gasteiger partial charge >= 0.3 is 0 Å². The summed E-state index contributed by atoms with van der Waals surface area (Å²) in [4.78, 5) is 17.3. The molecule has 2 aromatic rings. The molecule has 0 unspecified atom stereocenters. The summed E-state index contributed by atoms with van der Waals surface area (Å²) in [6.45, 7) is 3.59. The highest BCUT2D eigenvalue weighted by Gasteiger charge is 2.34. The summed E-state index contributed by atoms with van der Waals surface area (Å²) in [5.41, 5.74) is 1.72. The number of nitrogens with zero attached hydrogens (tertiary/aromatic N) is 3. The van der Waals surface area contributed by atoms with Crippen molar-refractivity contribution in [2.24, 2.45) is 5.92 Å². The predicted molar refractivity (Wildman–Crippen MR) is 135 cm³/mol. The number of anilines is 1. The number of piperazine rings is 1. The molecule has 34 heavy (non-hydrogen) atoms. The van der Waals surface area contributed by atoms with E-state index in [-0.39, 0.29) is 17.6 Å². The summed E-state index contributed by atoms with van der Waals surface area (Å²) < 4.78 is 32.5. The first-order valence-electron chi connectivity index (χ1n) is 11.4. The summed E-state index contributed by atoms with van der Waals surface area (Å²) in [6, 6.07) is 12.8. The Morgan fingerprint density at radius 1 is 0.941 bits per heavy atom. The fraction of sp³-hybridized carbons (Fsp3) is 0.458. The van der Waals surface area contributed by atoms with Crippen molar-refractivity contribution in [2.75, 3.05) is 51.3 Å². The van der Waals surface area contributed by atoms with Crippen molar-refractivity contribution in [1.82, 2.24) is 9.21 Å². The number of hydrogen-bond donors (Lipinski definition) is 0. The van der Waals surface area contributed by atoms with Crippen LogP contribution in [0.4, 0.5) is 5.69 Å². The number of carbonyl (C=O) groups is 1. The van der Waals surface area contributed by atoms with Crippen LogP contribution in [0.2, 0.25) is 10.0 Å². The van der Waals surface area contributed by atoms with Crippen LogP contribution < -0.4 is 9.64 Å². The number of hydrogen-bond acceptors (Lipinski definition) is 5. The molecule has 1 amide bonds. The molecule has 7 nitrogen and oxygen atoms in total. The first-order valence-corrected chi connectivity index (χ1v) is 13.7. The normalized spacial score (nSPS) is 18.2. The van der Waals surface area contributed by atoms with E-state index in [1.165, 1.54) is 4.31 Å². The molecule has 4 rings (SSSR count). The van der Waals surface area contributed by atoms with E-state index in [0.29, 0.717) is 54.6 Å². The number of piperidine rings is 1. The van der Waals surface area contributed by atoms with E-state index < -0.39 is 10.0 Å². The van der Waals surface area contributed by atoms with Gasteiger partial charge < -0.3 is 14.5 Å². The number of amides is 1. The number of ether oxygens (including phenoxy) is 1. The molecule has 2 aliphatic rings. The topological polar surface area (TPSA) is 70.2 Å². The first kappa shape index (κ1) is 25.1. The standard InChI is InChI=1S/C24H29Cl2N3O4S/c1-33-21-5-3-20(4-6-21)27-12-14-28(15-13-27)24(30)19-8-10-29(11-9-19)34(31,32)17-18-2-7-22(25)23(26)16-18/h2-7,16,19H,8-15,17H2,1H3. The van der Waals surface area contributed by atoms with Crippen LogP contribution in [0.3, 0.4) is 0 Å². The molecule has 2 saturated heterocycles. The zero-order chi connectivity index (χ0) is 24.3. The molecule has 10 heteroatoms. The van der Waals surface area contributed by atoms with Gasteiger partial charge in [-0.15, -0.1) is 0 Å². The van der Waals surface area contributed by atoms with Gasteiger partial charge in [0.1, 0.15) is 5.75 Å². The molecule has 0 spiro atoms. The van der Waals surface area contributed by atoms with Crippen LogP contribution in [-0.2, 0) is 20.6 Å². The van der Waals surface area contributed by atoms with Crippen LogP contribution in [0.15, 0.2) is 42.5 Å². The smallest absolute Gasteiger partial charge is 0.225 e. The van der Waals surface area contributed by atoms with E-state index >= 15 is 0 Å². The predicted octanol–water partition coefficient (Wildman–Crippen LogP) is 3.89. The molecular formula is C24H29Cl2N3O4S. The average Bonchev–Trinajstić information content (AvgIpc) is 2.86. The molecule has 184 valence electrons. The maximum absolute atomic E-state index is 13.1. The van der Waals surface area contributed by atoms with Crippen molar-refractivity contribution < 1.29 is 17.9 Å². The third-order valence-corrected chi connectivity index (χ3v) is 9.15. The minimum absolute atomic E-state index is 0.129. The summed E-state index contributed by atoms with van der Waals surface area (Å²) in [7, 11) is -1.84. The van der Waals surface area contributed by atoms with Crippen LogP contribution in [0.25, 0.3) is 0 Å². The van der Waals surface area contributed by atoms with Gasteiger partial charge in [0.25, 0.3) is 0 Å². The van der Waals surface area contributed by atoms with Crippen molar-refractivity contribution in [1.29, 1.82) is 0 Å². The number of carbonyl (C=O) groups excluding carboxylic acids is 1. The summed E-state index contributed by atoms with van der Waals surface area (Å²) in [5, 5.41) is 0.734. The van der Waals surface area contributed by atoms with E-state index in [0.717, 1.165) is 24.5 Å². The second kappa shape index (κ2) is 10.7. The van der Waals surface area contributed by atoms with Gasteiger partial charge in [0.2, 0.25) is 15.9 Å². The number of halogens is 2. The molecule has 2 heterocycles. The quantitative estimate of drug-likeness (QED) is 0.572. The van der Waals surface area contributed by atoms with E-state index in [2.05, 4.69) is 4.90 Å². The first-order chi connectivity index (χ1) is 16.3. The molecule has 0 atom stereocenters.